The molecule has 1 aromatic carbocycles. The van der Waals surface area contributed by atoms with Crippen LogP contribution in [0.25, 0.3) is 0 Å². The quantitative estimate of drug-likeness (QED) is 0.512. The molecule has 1 aromatic rings. The van der Waals surface area contributed by atoms with Gasteiger partial charge in [-0.1, -0.05) is 0 Å². The summed E-state index contributed by atoms with van der Waals surface area (Å²) >= 11 is 1.84. The van der Waals surface area contributed by atoms with Gasteiger partial charge in [0, 0.05) is 12.1 Å². The first kappa shape index (κ1) is 13.7. The van der Waals surface area contributed by atoms with Crippen molar-refractivity contribution in [1.82, 2.24) is 0 Å². The number of carbonyl (C=O) groups is 1. The van der Waals surface area contributed by atoms with Crippen molar-refractivity contribution in [2.24, 2.45) is 5.73 Å². The Kier molecular flexibility index (Phi) is 5.69. The van der Waals surface area contributed by atoms with Gasteiger partial charge in [0.2, 0.25) is 5.91 Å². The molecule has 0 fully saturated rings. The van der Waals surface area contributed by atoms with Gasteiger partial charge in [0.1, 0.15) is 0 Å². The van der Waals surface area contributed by atoms with Crippen LogP contribution in [0, 0.1) is 0 Å². The zero-order valence-corrected chi connectivity index (χ0v) is 10.8. The highest BCUT2D eigenvalue weighted by Gasteiger charge is 2.04. The summed E-state index contributed by atoms with van der Waals surface area (Å²) in [6, 6.07) is 5.03. The molecule has 94 valence electrons. The van der Waals surface area contributed by atoms with E-state index < -0.39 is 5.91 Å². The van der Waals surface area contributed by atoms with Gasteiger partial charge in [-0.3, -0.25) is 4.79 Å². The number of amides is 1. The molecule has 5 N–H and O–H groups in total. The number of nitrogens with two attached hydrogens (primary N) is 2. The van der Waals surface area contributed by atoms with E-state index in [2.05, 4.69) is 11.6 Å². The largest absolute Gasteiger partial charge is 0.397 e. The van der Waals surface area contributed by atoms with Crippen molar-refractivity contribution in [3.63, 3.8) is 0 Å². The highest BCUT2D eigenvalue weighted by atomic mass is 32.2. The number of carbonyl (C=O) groups excluding carboxylic acids is 1. The molecule has 1 amide bonds. The number of hydrogen-bond donors (Lipinski definition) is 3. The fourth-order valence-corrected chi connectivity index (χ4v) is 1.95. The van der Waals surface area contributed by atoms with Crippen molar-refractivity contribution < 1.29 is 4.79 Å². The Hall–Kier alpha value is -1.36. The summed E-state index contributed by atoms with van der Waals surface area (Å²) in [4.78, 5) is 11.0. The molecule has 0 spiro atoms. The van der Waals surface area contributed by atoms with Crippen molar-refractivity contribution >= 4 is 29.0 Å². The minimum absolute atomic E-state index is 0.435. The van der Waals surface area contributed by atoms with Gasteiger partial charge in [-0.2, -0.15) is 11.8 Å². The monoisotopic (exact) mass is 253 g/mol. The van der Waals surface area contributed by atoms with Crippen molar-refractivity contribution in [3.05, 3.63) is 23.8 Å². The van der Waals surface area contributed by atoms with Crippen LogP contribution in [0.1, 0.15) is 23.2 Å². The van der Waals surface area contributed by atoms with E-state index >= 15 is 0 Å². The third kappa shape index (κ3) is 4.56. The van der Waals surface area contributed by atoms with E-state index in [1.165, 1.54) is 12.2 Å². The van der Waals surface area contributed by atoms with Crippen LogP contribution in [0.2, 0.25) is 0 Å². The van der Waals surface area contributed by atoms with Crippen LogP contribution in [-0.4, -0.2) is 24.5 Å². The SMILES string of the molecule is CSCCCCNc1cc(C(N)=O)ccc1N. The number of hydrogen-bond acceptors (Lipinski definition) is 4. The number of benzene rings is 1. The van der Waals surface area contributed by atoms with E-state index in [-0.39, 0.29) is 0 Å². The molecule has 0 bridgehead atoms. The molecule has 5 heteroatoms. The van der Waals surface area contributed by atoms with E-state index in [1.54, 1.807) is 18.2 Å². The molecule has 0 saturated carbocycles. The van der Waals surface area contributed by atoms with Gasteiger partial charge in [-0.25, -0.2) is 0 Å². The summed E-state index contributed by atoms with van der Waals surface area (Å²) in [5.41, 5.74) is 12.9. The second-order valence-corrected chi connectivity index (χ2v) is 4.78. The molecular formula is C12H19N3OS. The molecule has 0 saturated heterocycles. The lowest BCUT2D eigenvalue weighted by Gasteiger charge is -2.10. The van der Waals surface area contributed by atoms with Crippen LogP contribution in [0.15, 0.2) is 18.2 Å². The average molecular weight is 253 g/mol. The molecule has 17 heavy (non-hydrogen) atoms. The third-order valence-electron chi connectivity index (χ3n) is 2.43. The second kappa shape index (κ2) is 7.06. The van der Waals surface area contributed by atoms with Gasteiger partial charge in [-0.05, 0) is 43.0 Å². The second-order valence-electron chi connectivity index (χ2n) is 3.79. The number of anilines is 2. The van der Waals surface area contributed by atoms with Gasteiger partial charge in [0.15, 0.2) is 0 Å². The van der Waals surface area contributed by atoms with Crippen LogP contribution in [0.4, 0.5) is 11.4 Å². The predicted molar refractivity (Wildman–Crippen MR) is 75.5 cm³/mol. The van der Waals surface area contributed by atoms with Crippen LogP contribution in [0.3, 0.4) is 0 Å². The number of unbranched alkanes of at least 4 members (excludes halogenated alkanes) is 1. The first-order valence-electron chi connectivity index (χ1n) is 5.57. The minimum Gasteiger partial charge on any atom is -0.397 e. The highest BCUT2D eigenvalue weighted by molar-refractivity contribution is 7.98. The maximum atomic E-state index is 11.0. The van der Waals surface area contributed by atoms with Gasteiger partial charge >= 0.3 is 0 Å². The lowest BCUT2D eigenvalue weighted by molar-refractivity contribution is 0.100. The normalized spacial score (nSPS) is 10.2. The Morgan fingerprint density at radius 1 is 1.41 bits per heavy atom. The zero-order valence-electron chi connectivity index (χ0n) is 10.0. The summed E-state index contributed by atoms with van der Waals surface area (Å²) in [5.74, 6) is 0.730. The molecule has 0 aliphatic carbocycles. The summed E-state index contributed by atoms with van der Waals surface area (Å²) in [7, 11) is 0. The lowest BCUT2D eigenvalue weighted by Crippen LogP contribution is -2.12. The summed E-state index contributed by atoms with van der Waals surface area (Å²) in [5, 5.41) is 3.23. The summed E-state index contributed by atoms with van der Waals surface area (Å²) in [6.07, 6.45) is 4.35. The summed E-state index contributed by atoms with van der Waals surface area (Å²) < 4.78 is 0. The van der Waals surface area contributed by atoms with Crippen LogP contribution >= 0.6 is 11.8 Å². The standard InChI is InChI=1S/C12H19N3OS/c1-17-7-3-2-6-15-11-8-9(12(14)16)4-5-10(11)13/h4-5,8,15H,2-3,6-7,13H2,1H3,(H2,14,16). The van der Waals surface area contributed by atoms with Crippen molar-refractivity contribution in [1.29, 1.82) is 0 Å². The van der Waals surface area contributed by atoms with E-state index in [0.717, 1.165) is 18.7 Å². The summed E-state index contributed by atoms with van der Waals surface area (Å²) in [6.45, 7) is 0.854. The first-order chi connectivity index (χ1) is 8.15. The topological polar surface area (TPSA) is 81.1 Å². The number of nitrogens with one attached hydrogen (secondary N) is 1. The van der Waals surface area contributed by atoms with Crippen molar-refractivity contribution in [3.8, 4) is 0 Å². The molecule has 0 atom stereocenters. The van der Waals surface area contributed by atoms with Gasteiger partial charge in [0.05, 0.1) is 11.4 Å². The van der Waals surface area contributed by atoms with Gasteiger partial charge in [-0.15, -0.1) is 0 Å². The third-order valence-corrected chi connectivity index (χ3v) is 3.13. The number of nitrogen functional groups attached to an aromatic ring is 1. The van der Waals surface area contributed by atoms with Gasteiger partial charge < -0.3 is 16.8 Å². The highest BCUT2D eigenvalue weighted by Crippen LogP contribution is 2.19. The zero-order chi connectivity index (χ0) is 12.7. The van der Waals surface area contributed by atoms with Crippen molar-refractivity contribution in [2.75, 3.05) is 29.6 Å². The maximum Gasteiger partial charge on any atom is 0.248 e. The molecule has 1 rings (SSSR count). The van der Waals surface area contributed by atoms with E-state index in [4.69, 9.17) is 11.5 Å². The lowest BCUT2D eigenvalue weighted by atomic mass is 10.1. The van der Waals surface area contributed by atoms with E-state index in [0.29, 0.717) is 11.3 Å². The maximum absolute atomic E-state index is 11.0. The van der Waals surface area contributed by atoms with Crippen molar-refractivity contribution in [2.45, 2.75) is 12.8 Å². The molecular weight excluding hydrogens is 234 g/mol. The average Bonchev–Trinajstić information content (AvgIpc) is 2.30. The number of rotatable bonds is 7. The van der Waals surface area contributed by atoms with Crippen LogP contribution < -0.4 is 16.8 Å². The number of primary amides is 1. The Labute approximate surface area is 106 Å². The molecule has 0 aliphatic heterocycles. The Morgan fingerprint density at radius 2 is 2.18 bits per heavy atom. The molecule has 4 nitrogen and oxygen atoms in total. The fourth-order valence-electron chi connectivity index (χ4n) is 1.46. The molecule has 0 unspecified atom stereocenters. The Balaban J connectivity index is 2.51. The molecule has 0 aliphatic rings. The Morgan fingerprint density at radius 3 is 2.82 bits per heavy atom. The first-order valence-corrected chi connectivity index (χ1v) is 6.96. The van der Waals surface area contributed by atoms with Crippen LogP contribution in [-0.2, 0) is 0 Å². The Bertz CT molecular complexity index is 382. The van der Waals surface area contributed by atoms with Gasteiger partial charge in [0.25, 0.3) is 0 Å². The fraction of sp³-hybridized carbons (Fsp3) is 0.417. The van der Waals surface area contributed by atoms with E-state index in [9.17, 15) is 4.79 Å². The minimum atomic E-state index is -0.435. The van der Waals surface area contributed by atoms with Crippen LogP contribution in [0.5, 0.6) is 0 Å². The smallest absolute Gasteiger partial charge is 0.248 e. The number of thioether (sulfide) groups is 1. The molecule has 0 radical (unpaired) electrons. The molecule has 0 heterocycles. The predicted octanol–water partition coefficient (Wildman–Crippen LogP) is 1.92. The molecule has 0 aromatic heterocycles. The van der Waals surface area contributed by atoms with E-state index in [1.807, 2.05) is 11.8 Å².